The van der Waals surface area contributed by atoms with Crippen molar-refractivity contribution >= 4 is 11.3 Å². The first-order chi connectivity index (χ1) is 6.70. The van der Waals surface area contributed by atoms with Gasteiger partial charge in [-0.1, -0.05) is 13.8 Å². The van der Waals surface area contributed by atoms with Crippen molar-refractivity contribution in [3.63, 3.8) is 0 Å². The van der Waals surface area contributed by atoms with Crippen molar-refractivity contribution in [2.24, 2.45) is 11.7 Å². The Labute approximate surface area is 89.1 Å². The monoisotopic (exact) mass is 211 g/mol. The van der Waals surface area contributed by atoms with Gasteiger partial charge in [0.2, 0.25) is 0 Å². The lowest BCUT2D eigenvalue weighted by atomic mass is 9.93. The average molecular weight is 211 g/mol. The van der Waals surface area contributed by atoms with Gasteiger partial charge in [0.1, 0.15) is 0 Å². The summed E-state index contributed by atoms with van der Waals surface area (Å²) in [4.78, 5) is 1.46. The third kappa shape index (κ3) is 1.72. The van der Waals surface area contributed by atoms with Crippen molar-refractivity contribution in [3.05, 3.63) is 21.9 Å². The molecule has 0 unspecified atom stereocenters. The summed E-state index contributed by atoms with van der Waals surface area (Å²) in [6, 6.07) is 2.27. The van der Waals surface area contributed by atoms with Crippen molar-refractivity contribution < 1.29 is 4.74 Å². The van der Waals surface area contributed by atoms with E-state index in [2.05, 4.69) is 25.3 Å². The molecule has 0 radical (unpaired) electrons. The van der Waals surface area contributed by atoms with E-state index < -0.39 is 0 Å². The van der Waals surface area contributed by atoms with Crippen LogP contribution in [0.3, 0.4) is 0 Å². The standard InChI is InChI=1S/C11H17NOS/c1-7(2)10(12)11-8-4-6-14-9(8)3-5-13-11/h4,6-7,10-11H,3,5,12H2,1-2H3/t10-,11+/m0/s1. The molecule has 0 spiro atoms. The van der Waals surface area contributed by atoms with Crippen LogP contribution in [-0.4, -0.2) is 12.6 Å². The van der Waals surface area contributed by atoms with Crippen LogP contribution in [0, 0.1) is 5.92 Å². The smallest absolute Gasteiger partial charge is 0.0989 e. The summed E-state index contributed by atoms with van der Waals surface area (Å²) in [7, 11) is 0. The van der Waals surface area contributed by atoms with E-state index in [9.17, 15) is 0 Å². The first-order valence-electron chi connectivity index (χ1n) is 5.13. The molecule has 0 fully saturated rings. The lowest BCUT2D eigenvalue weighted by Crippen LogP contribution is -2.37. The van der Waals surface area contributed by atoms with Gasteiger partial charge in [0.25, 0.3) is 0 Å². The molecule has 78 valence electrons. The van der Waals surface area contributed by atoms with Gasteiger partial charge in [0.05, 0.1) is 12.7 Å². The molecular weight excluding hydrogens is 194 g/mol. The van der Waals surface area contributed by atoms with E-state index in [1.165, 1.54) is 10.4 Å². The number of fused-ring (bicyclic) bond motifs is 1. The van der Waals surface area contributed by atoms with Gasteiger partial charge in [0.15, 0.2) is 0 Å². The fraction of sp³-hybridized carbons (Fsp3) is 0.636. The summed E-state index contributed by atoms with van der Waals surface area (Å²) in [6.45, 7) is 5.11. The molecule has 3 heteroatoms. The number of hydrogen-bond acceptors (Lipinski definition) is 3. The number of thiophene rings is 1. The molecule has 0 aromatic carbocycles. The Kier molecular flexibility index (Phi) is 2.91. The zero-order valence-corrected chi connectivity index (χ0v) is 9.51. The summed E-state index contributed by atoms with van der Waals surface area (Å²) in [5.74, 6) is 0.464. The molecule has 0 saturated heterocycles. The van der Waals surface area contributed by atoms with E-state index in [0.717, 1.165) is 13.0 Å². The number of nitrogens with two attached hydrogens (primary N) is 1. The molecule has 0 saturated carbocycles. The molecular formula is C11H17NOS. The van der Waals surface area contributed by atoms with Gasteiger partial charge < -0.3 is 10.5 Å². The van der Waals surface area contributed by atoms with Gasteiger partial charge in [-0.2, -0.15) is 0 Å². The highest BCUT2D eigenvalue weighted by molar-refractivity contribution is 7.10. The Morgan fingerprint density at radius 3 is 3.07 bits per heavy atom. The normalized spacial score (nSPS) is 23.6. The number of hydrogen-bond donors (Lipinski definition) is 1. The van der Waals surface area contributed by atoms with E-state index in [-0.39, 0.29) is 12.1 Å². The SMILES string of the molecule is CC(C)[C@H](N)[C@@H]1OCCc2sccc21. The van der Waals surface area contributed by atoms with Gasteiger partial charge >= 0.3 is 0 Å². The highest BCUT2D eigenvalue weighted by atomic mass is 32.1. The molecule has 1 aromatic rings. The second kappa shape index (κ2) is 4.01. The molecule has 1 aliphatic rings. The van der Waals surface area contributed by atoms with E-state index in [0.29, 0.717) is 5.92 Å². The topological polar surface area (TPSA) is 35.2 Å². The van der Waals surface area contributed by atoms with Gasteiger partial charge in [-0.3, -0.25) is 0 Å². The minimum atomic E-state index is 0.114. The molecule has 2 heterocycles. The molecule has 2 N–H and O–H groups in total. The molecule has 1 aromatic heterocycles. The van der Waals surface area contributed by atoms with Crippen LogP contribution in [0.1, 0.15) is 30.4 Å². The van der Waals surface area contributed by atoms with E-state index in [1.54, 1.807) is 0 Å². The first kappa shape index (κ1) is 10.1. The van der Waals surface area contributed by atoms with E-state index in [1.807, 2.05) is 11.3 Å². The Bertz CT molecular complexity index is 308. The molecule has 0 aliphatic carbocycles. The summed E-state index contributed by atoms with van der Waals surface area (Å²) in [6.07, 6.45) is 1.17. The van der Waals surface area contributed by atoms with E-state index >= 15 is 0 Å². The van der Waals surface area contributed by atoms with Gasteiger partial charge in [-0.25, -0.2) is 0 Å². The maximum atomic E-state index is 6.14. The maximum absolute atomic E-state index is 6.14. The van der Waals surface area contributed by atoms with Crippen LogP contribution in [-0.2, 0) is 11.2 Å². The minimum Gasteiger partial charge on any atom is -0.371 e. The Morgan fingerprint density at radius 2 is 2.36 bits per heavy atom. The fourth-order valence-corrected chi connectivity index (χ4v) is 2.74. The largest absolute Gasteiger partial charge is 0.371 e. The van der Waals surface area contributed by atoms with Crippen molar-refractivity contribution in [2.75, 3.05) is 6.61 Å². The Balaban J connectivity index is 2.23. The summed E-state index contributed by atoms with van der Waals surface area (Å²) < 4.78 is 5.77. The molecule has 0 bridgehead atoms. The van der Waals surface area contributed by atoms with Gasteiger partial charge in [-0.05, 0) is 22.9 Å². The zero-order chi connectivity index (χ0) is 10.1. The van der Waals surface area contributed by atoms with Crippen LogP contribution in [0.2, 0.25) is 0 Å². The lowest BCUT2D eigenvalue weighted by Gasteiger charge is -2.30. The third-order valence-corrected chi connectivity index (χ3v) is 3.83. The molecule has 1 aliphatic heterocycles. The minimum absolute atomic E-state index is 0.114. The highest BCUT2D eigenvalue weighted by Gasteiger charge is 2.28. The van der Waals surface area contributed by atoms with Crippen molar-refractivity contribution in [1.82, 2.24) is 0 Å². The Hall–Kier alpha value is -0.380. The van der Waals surface area contributed by atoms with Crippen molar-refractivity contribution in [1.29, 1.82) is 0 Å². The van der Waals surface area contributed by atoms with Crippen LogP contribution in [0.5, 0.6) is 0 Å². The summed E-state index contributed by atoms with van der Waals surface area (Å²) >= 11 is 1.82. The zero-order valence-electron chi connectivity index (χ0n) is 8.69. The lowest BCUT2D eigenvalue weighted by molar-refractivity contribution is 0.0155. The van der Waals surface area contributed by atoms with Crippen molar-refractivity contribution in [3.8, 4) is 0 Å². The van der Waals surface area contributed by atoms with Crippen LogP contribution in [0.25, 0.3) is 0 Å². The van der Waals surface area contributed by atoms with E-state index in [4.69, 9.17) is 10.5 Å². The maximum Gasteiger partial charge on any atom is 0.0989 e. The van der Waals surface area contributed by atoms with Crippen LogP contribution >= 0.6 is 11.3 Å². The number of rotatable bonds is 2. The van der Waals surface area contributed by atoms with Gasteiger partial charge in [-0.15, -0.1) is 11.3 Å². The first-order valence-corrected chi connectivity index (χ1v) is 6.01. The predicted octanol–water partition coefficient (Wildman–Crippen LogP) is 2.35. The predicted molar refractivity (Wildman–Crippen MR) is 59.5 cm³/mol. The Morgan fingerprint density at radius 1 is 1.57 bits per heavy atom. The molecule has 2 rings (SSSR count). The third-order valence-electron chi connectivity index (χ3n) is 2.83. The van der Waals surface area contributed by atoms with Crippen LogP contribution in [0.15, 0.2) is 11.4 Å². The van der Waals surface area contributed by atoms with Crippen molar-refractivity contribution in [2.45, 2.75) is 32.4 Å². The van der Waals surface area contributed by atoms with Gasteiger partial charge in [0, 0.05) is 17.3 Å². The average Bonchev–Trinajstić information content (AvgIpc) is 2.63. The summed E-state index contributed by atoms with van der Waals surface area (Å²) in [5.41, 5.74) is 7.47. The number of ether oxygens (including phenoxy) is 1. The van der Waals surface area contributed by atoms with Crippen LogP contribution < -0.4 is 5.73 Å². The molecule has 2 nitrogen and oxygen atoms in total. The second-order valence-electron chi connectivity index (χ2n) is 4.16. The van der Waals surface area contributed by atoms with Crippen LogP contribution in [0.4, 0.5) is 0 Å². The summed E-state index contributed by atoms with van der Waals surface area (Å²) in [5, 5.41) is 2.14. The molecule has 0 amide bonds. The fourth-order valence-electron chi connectivity index (χ4n) is 1.84. The molecule has 2 atom stereocenters. The second-order valence-corrected chi connectivity index (χ2v) is 5.16. The molecule has 14 heavy (non-hydrogen) atoms. The highest BCUT2D eigenvalue weighted by Crippen LogP contribution is 2.34. The quantitative estimate of drug-likeness (QED) is 0.815.